The molecule has 0 saturated carbocycles. The molecule has 4 rings (SSSR count). The number of aryl methyl sites for hydroxylation is 1. The Bertz CT molecular complexity index is 1310. The second kappa shape index (κ2) is 9.63. The molecule has 0 aliphatic heterocycles. The average molecular weight is 501 g/mol. The molecule has 170 valence electrons. The molecule has 0 amide bonds. The zero-order chi connectivity index (χ0) is 23.7. The van der Waals surface area contributed by atoms with Crippen molar-refractivity contribution >= 4 is 51.1 Å². The van der Waals surface area contributed by atoms with E-state index in [0.29, 0.717) is 21.8 Å². The molecule has 4 nitrogen and oxygen atoms in total. The van der Waals surface area contributed by atoms with Crippen LogP contribution in [0.3, 0.4) is 0 Å². The van der Waals surface area contributed by atoms with Crippen molar-refractivity contribution in [1.29, 1.82) is 0 Å². The van der Waals surface area contributed by atoms with Crippen molar-refractivity contribution < 1.29 is 14.3 Å². The van der Waals surface area contributed by atoms with Gasteiger partial charge in [0.2, 0.25) is 0 Å². The molecule has 2 heterocycles. The molecule has 33 heavy (non-hydrogen) atoms. The lowest BCUT2D eigenvalue weighted by Gasteiger charge is -2.06. The highest BCUT2D eigenvalue weighted by molar-refractivity contribution is 7.18. The molecule has 2 aromatic heterocycles. The summed E-state index contributed by atoms with van der Waals surface area (Å²) >= 11 is 9.01. The van der Waals surface area contributed by atoms with Gasteiger partial charge in [-0.25, -0.2) is 14.2 Å². The molecule has 0 radical (unpaired) electrons. The number of aromatic carboxylic acids is 1. The Balaban J connectivity index is 1.72. The van der Waals surface area contributed by atoms with Crippen LogP contribution >= 0.6 is 34.3 Å². The Hall–Kier alpha value is -2.74. The Labute approximate surface area is 204 Å². The standard InChI is InChI=1S/C25H22ClFN2O2S2/c1-13(2)10-21-22(16-5-4-14(3)18(26)11-16)29-25(33-21)28-19-12-20(32-23(19)24(30)31)15-6-8-17(27)9-7-15/h4-9,11-13H,10H2,1-3H3,(H,28,29)(H,30,31). The van der Waals surface area contributed by atoms with Crippen LogP contribution in [0.2, 0.25) is 5.02 Å². The molecule has 0 fully saturated rings. The molecule has 0 unspecified atom stereocenters. The number of carboxylic acid groups (broad SMARTS) is 1. The highest BCUT2D eigenvalue weighted by Crippen LogP contribution is 2.40. The largest absolute Gasteiger partial charge is 0.477 e. The van der Waals surface area contributed by atoms with E-state index in [4.69, 9.17) is 16.6 Å². The van der Waals surface area contributed by atoms with Crippen LogP contribution in [0, 0.1) is 18.7 Å². The Morgan fingerprint density at radius 1 is 1.12 bits per heavy atom. The highest BCUT2D eigenvalue weighted by atomic mass is 35.5. The van der Waals surface area contributed by atoms with Crippen molar-refractivity contribution in [1.82, 2.24) is 4.98 Å². The third-order valence-corrected chi connectivity index (χ3v) is 7.61. The predicted molar refractivity (Wildman–Crippen MR) is 136 cm³/mol. The number of rotatable bonds is 7. The second-order valence-electron chi connectivity index (χ2n) is 8.14. The molecular weight excluding hydrogens is 479 g/mol. The van der Waals surface area contributed by atoms with Crippen LogP contribution in [0.1, 0.15) is 34.0 Å². The zero-order valence-electron chi connectivity index (χ0n) is 18.3. The van der Waals surface area contributed by atoms with Gasteiger partial charge in [0.15, 0.2) is 5.13 Å². The number of aromatic nitrogens is 1. The number of hydrogen-bond acceptors (Lipinski definition) is 5. The number of benzene rings is 2. The molecule has 0 spiro atoms. The van der Waals surface area contributed by atoms with Gasteiger partial charge in [-0.05, 0) is 54.7 Å². The predicted octanol–water partition coefficient (Wildman–Crippen LogP) is 8.28. The Kier molecular flexibility index (Phi) is 6.83. The molecule has 0 saturated heterocycles. The monoisotopic (exact) mass is 500 g/mol. The molecular formula is C25H22ClFN2O2S2. The number of hydrogen-bond donors (Lipinski definition) is 2. The minimum absolute atomic E-state index is 0.176. The van der Waals surface area contributed by atoms with E-state index in [1.807, 2.05) is 25.1 Å². The van der Waals surface area contributed by atoms with Gasteiger partial charge in [-0.2, -0.15) is 0 Å². The number of halogens is 2. The molecule has 0 bridgehead atoms. The highest BCUT2D eigenvalue weighted by Gasteiger charge is 2.20. The lowest BCUT2D eigenvalue weighted by Crippen LogP contribution is -1.98. The number of carboxylic acids is 1. The van der Waals surface area contributed by atoms with Crippen LogP contribution in [-0.2, 0) is 6.42 Å². The smallest absolute Gasteiger partial charge is 0.348 e. The second-order valence-corrected chi connectivity index (χ2v) is 10.7. The molecule has 8 heteroatoms. The molecule has 2 N–H and O–H groups in total. The fourth-order valence-corrected chi connectivity index (χ4v) is 5.74. The van der Waals surface area contributed by atoms with Crippen LogP contribution in [0.4, 0.5) is 15.2 Å². The Morgan fingerprint density at radius 3 is 2.45 bits per heavy atom. The van der Waals surface area contributed by atoms with Crippen molar-refractivity contribution in [3.8, 4) is 21.7 Å². The van der Waals surface area contributed by atoms with Gasteiger partial charge in [0, 0.05) is 20.3 Å². The van der Waals surface area contributed by atoms with Gasteiger partial charge in [-0.15, -0.1) is 22.7 Å². The third-order valence-electron chi connectivity index (χ3n) is 5.03. The van der Waals surface area contributed by atoms with Gasteiger partial charge in [0.05, 0.1) is 11.4 Å². The van der Waals surface area contributed by atoms with E-state index in [0.717, 1.165) is 49.9 Å². The van der Waals surface area contributed by atoms with E-state index in [-0.39, 0.29) is 10.7 Å². The van der Waals surface area contributed by atoms with E-state index in [9.17, 15) is 14.3 Å². The first-order valence-corrected chi connectivity index (χ1v) is 12.4. The molecule has 0 aliphatic rings. The number of anilines is 2. The van der Waals surface area contributed by atoms with Gasteiger partial charge in [-0.1, -0.05) is 49.7 Å². The van der Waals surface area contributed by atoms with Crippen molar-refractivity contribution in [2.75, 3.05) is 5.32 Å². The van der Waals surface area contributed by atoms with E-state index in [1.54, 1.807) is 18.2 Å². The lowest BCUT2D eigenvalue weighted by molar-refractivity contribution is 0.0703. The minimum atomic E-state index is -1.03. The first kappa shape index (κ1) is 23.4. The number of nitrogens with one attached hydrogen (secondary N) is 1. The SMILES string of the molecule is Cc1ccc(-c2nc(Nc3cc(-c4ccc(F)cc4)sc3C(=O)O)sc2CC(C)C)cc1Cl. The lowest BCUT2D eigenvalue weighted by atomic mass is 10.0. The summed E-state index contributed by atoms with van der Waals surface area (Å²) in [5.74, 6) is -0.935. The third kappa shape index (κ3) is 5.27. The summed E-state index contributed by atoms with van der Waals surface area (Å²) in [6, 6.07) is 13.7. The van der Waals surface area contributed by atoms with Gasteiger partial charge in [-0.3, -0.25) is 0 Å². The summed E-state index contributed by atoms with van der Waals surface area (Å²) in [6.45, 7) is 6.25. The van der Waals surface area contributed by atoms with Gasteiger partial charge >= 0.3 is 5.97 Å². The van der Waals surface area contributed by atoms with Crippen LogP contribution in [0.25, 0.3) is 21.7 Å². The number of carbonyl (C=O) groups is 1. The van der Waals surface area contributed by atoms with Crippen molar-refractivity contribution in [2.45, 2.75) is 27.2 Å². The first-order valence-electron chi connectivity index (χ1n) is 10.4. The van der Waals surface area contributed by atoms with E-state index < -0.39 is 5.97 Å². The number of thiophene rings is 1. The molecule has 0 atom stereocenters. The van der Waals surface area contributed by atoms with Gasteiger partial charge in [0.1, 0.15) is 10.7 Å². The van der Waals surface area contributed by atoms with E-state index in [1.165, 1.54) is 23.5 Å². The van der Waals surface area contributed by atoms with Crippen LogP contribution in [0.5, 0.6) is 0 Å². The summed E-state index contributed by atoms with van der Waals surface area (Å²) in [6.07, 6.45) is 0.844. The fraction of sp³-hybridized carbons (Fsp3) is 0.200. The maximum Gasteiger partial charge on any atom is 0.348 e. The van der Waals surface area contributed by atoms with Crippen molar-refractivity contribution in [3.05, 3.63) is 74.7 Å². The molecule has 0 aliphatic carbocycles. The topological polar surface area (TPSA) is 62.2 Å². The quantitative estimate of drug-likeness (QED) is 0.268. The van der Waals surface area contributed by atoms with Crippen LogP contribution in [-0.4, -0.2) is 16.1 Å². The first-order chi connectivity index (χ1) is 15.7. The maximum absolute atomic E-state index is 13.3. The van der Waals surface area contributed by atoms with Gasteiger partial charge < -0.3 is 10.4 Å². The fourth-order valence-electron chi connectivity index (χ4n) is 3.39. The minimum Gasteiger partial charge on any atom is -0.477 e. The molecule has 2 aromatic carbocycles. The molecule has 4 aromatic rings. The maximum atomic E-state index is 13.3. The number of thiazole rings is 1. The average Bonchev–Trinajstić information content (AvgIpc) is 3.35. The zero-order valence-corrected chi connectivity index (χ0v) is 20.7. The van der Waals surface area contributed by atoms with Crippen LogP contribution < -0.4 is 5.32 Å². The summed E-state index contributed by atoms with van der Waals surface area (Å²) in [5.41, 5.74) is 4.00. The van der Waals surface area contributed by atoms with Crippen molar-refractivity contribution in [2.24, 2.45) is 5.92 Å². The normalized spacial score (nSPS) is 11.2. The summed E-state index contributed by atoms with van der Waals surface area (Å²) in [5, 5.41) is 14.3. The van der Waals surface area contributed by atoms with Crippen LogP contribution in [0.15, 0.2) is 48.5 Å². The van der Waals surface area contributed by atoms with E-state index in [2.05, 4.69) is 19.2 Å². The summed E-state index contributed by atoms with van der Waals surface area (Å²) in [4.78, 5) is 18.7. The number of nitrogens with zero attached hydrogens (tertiary/aromatic N) is 1. The summed E-state index contributed by atoms with van der Waals surface area (Å²) in [7, 11) is 0. The van der Waals surface area contributed by atoms with Crippen molar-refractivity contribution in [3.63, 3.8) is 0 Å². The van der Waals surface area contributed by atoms with E-state index >= 15 is 0 Å². The van der Waals surface area contributed by atoms with Gasteiger partial charge in [0.25, 0.3) is 0 Å². The Morgan fingerprint density at radius 2 is 1.82 bits per heavy atom. The summed E-state index contributed by atoms with van der Waals surface area (Å²) < 4.78 is 13.3.